The maximum Gasteiger partial charge on any atom is 0.334 e. The number of carbonyl (C=O) groups excluding carboxylic acids is 3. The van der Waals surface area contributed by atoms with Crippen LogP contribution in [0, 0.1) is 0 Å². The molecule has 2 aliphatic heterocycles. The van der Waals surface area contributed by atoms with Crippen molar-refractivity contribution in [1.29, 1.82) is 0 Å². The molecule has 2 heterocycles. The standard InChI is InChI=1S/C19H19N3O5S2/c23-11-19(10-21-26)16(29)15(28)14(22(19)17(24)13-7-4-8-20-13)18(25)27-9-12-5-2-1-3-6-12/h1-3,5-6,10-11,13-14,20,26H,4,7-9H2/t13-,14?,19+/m0/s1. The first kappa shape index (κ1) is 21.2. The molecule has 2 N–H and O–H groups in total. The first-order valence-corrected chi connectivity index (χ1v) is 9.78. The third-order valence-corrected chi connectivity index (χ3v) is 6.07. The number of esters is 1. The van der Waals surface area contributed by atoms with E-state index in [0.29, 0.717) is 19.3 Å². The highest BCUT2D eigenvalue weighted by Crippen LogP contribution is 2.31. The van der Waals surface area contributed by atoms with Crippen LogP contribution in [0.25, 0.3) is 0 Å². The number of oxime groups is 1. The molecule has 1 unspecified atom stereocenters. The average Bonchev–Trinajstić information content (AvgIpc) is 3.35. The van der Waals surface area contributed by atoms with E-state index in [1.165, 1.54) is 0 Å². The molecule has 2 aliphatic rings. The summed E-state index contributed by atoms with van der Waals surface area (Å²) in [4.78, 5) is 38.9. The quantitative estimate of drug-likeness (QED) is 0.170. The lowest BCUT2D eigenvalue weighted by Crippen LogP contribution is -2.61. The number of ether oxygens (including phenoxy) is 1. The first-order valence-electron chi connectivity index (χ1n) is 8.97. The molecule has 1 aromatic carbocycles. The summed E-state index contributed by atoms with van der Waals surface area (Å²) in [6.07, 6.45) is 2.49. The van der Waals surface area contributed by atoms with Gasteiger partial charge in [-0.3, -0.25) is 9.59 Å². The Kier molecular flexibility index (Phi) is 6.46. The van der Waals surface area contributed by atoms with Gasteiger partial charge in [0.2, 0.25) is 5.91 Å². The Morgan fingerprint density at radius 3 is 2.66 bits per heavy atom. The number of likely N-dealkylation sites (tertiary alicyclic amines) is 1. The largest absolute Gasteiger partial charge is 0.459 e. The second kappa shape index (κ2) is 8.85. The minimum atomic E-state index is -1.92. The van der Waals surface area contributed by atoms with E-state index in [9.17, 15) is 14.4 Å². The van der Waals surface area contributed by atoms with E-state index in [-0.39, 0.29) is 16.3 Å². The van der Waals surface area contributed by atoms with E-state index in [2.05, 4.69) is 10.5 Å². The summed E-state index contributed by atoms with van der Waals surface area (Å²) >= 11 is 10.6. The number of benzene rings is 1. The Bertz CT molecular complexity index is 870. The predicted octanol–water partition coefficient (Wildman–Crippen LogP) is 0.830. The summed E-state index contributed by atoms with van der Waals surface area (Å²) in [5.41, 5.74) is -1.17. The lowest BCUT2D eigenvalue weighted by molar-refractivity contribution is -0.155. The second-order valence-corrected chi connectivity index (χ2v) is 7.58. The third-order valence-electron chi connectivity index (χ3n) is 4.97. The third kappa shape index (κ3) is 3.83. The van der Waals surface area contributed by atoms with Gasteiger partial charge in [0.1, 0.15) is 6.61 Å². The van der Waals surface area contributed by atoms with Gasteiger partial charge in [0.15, 0.2) is 17.9 Å². The topological polar surface area (TPSA) is 108 Å². The van der Waals surface area contributed by atoms with E-state index >= 15 is 0 Å². The second-order valence-electron chi connectivity index (χ2n) is 6.73. The van der Waals surface area contributed by atoms with E-state index in [1.807, 2.05) is 6.07 Å². The van der Waals surface area contributed by atoms with Crippen LogP contribution < -0.4 is 5.32 Å². The van der Waals surface area contributed by atoms with Gasteiger partial charge in [-0.15, -0.1) is 0 Å². The Hall–Kier alpha value is -2.56. The Morgan fingerprint density at radius 2 is 2.07 bits per heavy atom. The molecule has 2 fully saturated rings. The van der Waals surface area contributed by atoms with Crippen LogP contribution in [0.5, 0.6) is 0 Å². The number of carbonyl (C=O) groups is 3. The van der Waals surface area contributed by atoms with Gasteiger partial charge in [-0.1, -0.05) is 59.9 Å². The monoisotopic (exact) mass is 433 g/mol. The average molecular weight is 434 g/mol. The molecule has 1 amide bonds. The molecule has 3 atom stereocenters. The molecule has 3 rings (SSSR count). The number of hydrogen-bond donors (Lipinski definition) is 2. The normalized spacial score (nSPS) is 26.8. The van der Waals surface area contributed by atoms with Gasteiger partial charge >= 0.3 is 5.97 Å². The highest BCUT2D eigenvalue weighted by molar-refractivity contribution is 7.90. The van der Waals surface area contributed by atoms with Gasteiger partial charge < -0.3 is 20.2 Å². The van der Waals surface area contributed by atoms with Crippen LogP contribution >= 0.6 is 24.4 Å². The van der Waals surface area contributed by atoms with Crippen molar-refractivity contribution in [2.24, 2.45) is 5.16 Å². The van der Waals surface area contributed by atoms with Gasteiger partial charge in [-0.25, -0.2) is 4.79 Å². The highest BCUT2D eigenvalue weighted by Gasteiger charge is 2.59. The van der Waals surface area contributed by atoms with E-state index < -0.39 is 29.5 Å². The van der Waals surface area contributed by atoms with Crippen molar-refractivity contribution in [1.82, 2.24) is 10.2 Å². The fourth-order valence-corrected chi connectivity index (χ4v) is 4.18. The van der Waals surface area contributed by atoms with E-state index in [1.54, 1.807) is 24.3 Å². The van der Waals surface area contributed by atoms with Gasteiger partial charge in [0.25, 0.3) is 0 Å². The van der Waals surface area contributed by atoms with Crippen LogP contribution in [0.1, 0.15) is 18.4 Å². The summed E-state index contributed by atoms with van der Waals surface area (Å²) < 4.78 is 5.37. The van der Waals surface area contributed by atoms with E-state index in [0.717, 1.165) is 23.1 Å². The molecule has 8 nitrogen and oxygen atoms in total. The van der Waals surface area contributed by atoms with Crippen LogP contribution in [-0.2, 0) is 25.7 Å². The molecule has 0 radical (unpaired) electrons. The maximum atomic E-state index is 13.2. The molecule has 0 aromatic heterocycles. The van der Waals surface area contributed by atoms with Gasteiger partial charge in [0.05, 0.1) is 22.0 Å². The van der Waals surface area contributed by atoms with Crippen molar-refractivity contribution < 1.29 is 24.3 Å². The zero-order valence-corrected chi connectivity index (χ0v) is 16.9. The number of amides is 1. The number of aldehydes is 1. The van der Waals surface area contributed by atoms with Crippen molar-refractivity contribution in [3.05, 3.63) is 35.9 Å². The smallest absolute Gasteiger partial charge is 0.334 e. The fourth-order valence-electron chi connectivity index (χ4n) is 3.50. The zero-order valence-electron chi connectivity index (χ0n) is 15.3. The summed E-state index contributed by atoms with van der Waals surface area (Å²) in [5.74, 6) is -1.33. The van der Waals surface area contributed by atoms with E-state index in [4.69, 9.17) is 34.4 Å². The van der Waals surface area contributed by atoms with Crippen LogP contribution in [0.2, 0.25) is 0 Å². The molecule has 10 heteroatoms. The minimum absolute atomic E-state index is 0.0303. The molecular formula is C19H19N3O5S2. The Morgan fingerprint density at radius 1 is 1.34 bits per heavy atom. The molecule has 29 heavy (non-hydrogen) atoms. The fraction of sp³-hybridized carbons (Fsp3) is 0.368. The molecule has 0 bridgehead atoms. The van der Waals surface area contributed by atoms with Crippen molar-refractivity contribution in [3.8, 4) is 0 Å². The van der Waals surface area contributed by atoms with Crippen LogP contribution in [0.4, 0.5) is 0 Å². The summed E-state index contributed by atoms with van der Waals surface area (Å²) in [5, 5.41) is 15.1. The van der Waals surface area contributed by atoms with Crippen molar-refractivity contribution in [3.63, 3.8) is 0 Å². The first-order chi connectivity index (χ1) is 14.0. The zero-order chi connectivity index (χ0) is 21.0. The van der Waals surface area contributed by atoms with Gasteiger partial charge in [-0.05, 0) is 24.9 Å². The van der Waals surface area contributed by atoms with Gasteiger partial charge in [-0.2, -0.15) is 0 Å². The number of hydrogen-bond acceptors (Lipinski definition) is 9. The Labute approximate surface area is 177 Å². The maximum absolute atomic E-state index is 13.2. The lowest BCUT2D eigenvalue weighted by Gasteiger charge is -2.34. The van der Waals surface area contributed by atoms with Crippen molar-refractivity contribution in [2.75, 3.05) is 6.54 Å². The predicted molar refractivity (Wildman–Crippen MR) is 112 cm³/mol. The number of rotatable bonds is 6. The summed E-state index contributed by atoms with van der Waals surface area (Å²) in [6.45, 7) is 0.599. The minimum Gasteiger partial charge on any atom is -0.459 e. The lowest BCUT2D eigenvalue weighted by atomic mass is 9.98. The molecule has 0 spiro atoms. The van der Waals surface area contributed by atoms with Crippen molar-refractivity contribution >= 4 is 58.5 Å². The SMILES string of the molecule is O=C[C@]1(C=NO)C(=S)C(=S)C(C(=O)OCc2ccccc2)N1C(=O)[C@@H]1CCCN1. The van der Waals surface area contributed by atoms with Crippen LogP contribution in [0.3, 0.4) is 0 Å². The van der Waals surface area contributed by atoms with Gasteiger partial charge in [0, 0.05) is 0 Å². The Balaban J connectivity index is 1.94. The summed E-state index contributed by atoms with van der Waals surface area (Å²) in [7, 11) is 0. The van der Waals surface area contributed by atoms with Crippen LogP contribution in [-0.4, -0.2) is 68.4 Å². The number of nitrogens with one attached hydrogen (secondary N) is 1. The van der Waals surface area contributed by atoms with Crippen molar-refractivity contribution in [2.45, 2.75) is 37.1 Å². The number of nitrogens with zero attached hydrogens (tertiary/aromatic N) is 2. The molecular weight excluding hydrogens is 414 g/mol. The van der Waals surface area contributed by atoms with Crippen LogP contribution in [0.15, 0.2) is 35.5 Å². The molecule has 0 saturated carbocycles. The number of thiocarbonyl (C=S) groups is 2. The molecule has 152 valence electrons. The molecule has 2 saturated heterocycles. The highest BCUT2D eigenvalue weighted by atomic mass is 32.1. The molecule has 1 aromatic rings. The molecule has 0 aliphatic carbocycles. The summed E-state index contributed by atoms with van der Waals surface area (Å²) in [6, 6.07) is 7.03.